The Morgan fingerprint density at radius 2 is 1.84 bits per heavy atom. The first-order chi connectivity index (χ1) is 15.0. The molecule has 1 atom stereocenters. The Kier molecular flexibility index (Phi) is 8.11. The Balaban J connectivity index is 0.00000176. The number of nitrogens with one attached hydrogen (secondary N) is 2. The molecule has 1 aliphatic rings. The number of nitrogens with zero attached hydrogens (tertiary/aromatic N) is 1. The number of alkyl halides is 3. The second-order valence-corrected chi connectivity index (χ2v) is 8.95. The maximum atomic E-state index is 14.3. The standard InChI is InChI=1S/C19H21F4N3O3S.C2H6/c1-11-3-4-13(12(20)9-11)24-16-14(25-30(29)18(5-6-18)7-8-27)10-26(2)17(28)15(16)19(21,22)23;1-2/h3-4,9-10,24-25,27H,5-8H2,1-2H3;1-2H3. The summed E-state index contributed by atoms with van der Waals surface area (Å²) in [6.45, 7) is 5.41. The lowest BCUT2D eigenvalue weighted by atomic mass is 10.1. The van der Waals surface area contributed by atoms with Crippen LogP contribution < -0.4 is 15.6 Å². The summed E-state index contributed by atoms with van der Waals surface area (Å²) in [5, 5.41) is 11.5. The van der Waals surface area contributed by atoms with Crippen molar-refractivity contribution in [1.29, 1.82) is 0 Å². The van der Waals surface area contributed by atoms with E-state index in [1.807, 2.05) is 13.8 Å². The van der Waals surface area contributed by atoms with Crippen LogP contribution in [0.15, 0.2) is 29.2 Å². The molecule has 1 saturated carbocycles. The quantitative estimate of drug-likeness (QED) is 0.509. The lowest BCUT2D eigenvalue weighted by molar-refractivity contribution is -0.138. The Hall–Kier alpha value is -2.40. The van der Waals surface area contributed by atoms with Crippen molar-refractivity contribution in [3.63, 3.8) is 0 Å². The topological polar surface area (TPSA) is 83.4 Å². The van der Waals surface area contributed by atoms with E-state index in [0.717, 1.165) is 23.9 Å². The van der Waals surface area contributed by atoms with Crippen molar-refractivity contribution in [2.75, 3.05) is 16.6 Å². The van der Waals surface area contributed by atoms with Gasteiger partial charge in [-0.05, 0) is 43.9 Å². The third-order valence-corrected chi connectivity index (χ3v) is 6.82. The summed E-state index contributed by atoms with van der Waals surface area (Å²) in [7, 11) is -0.682. The third-order valence-electron chi connectivity index (χ3n) is 5.02. The summed E-state index contributed by atoms with van der Waals surface area (Å²) < 4.78 is 70.9. The number of pyridine rings is 1. The van der Waals surface area contributed by atoms with Crippen LogP contribution in [-0.4, -0.2) is 25.2 Å². The van der Waals surface area contributed by atoms with Crippen LogP contribution in [-0.2, 0) is 24.2 Å². The maximum absolute atomic E-state index is 14.3. The number of aliphatic hydroxyl groups is 1. The Bertz CT molecular complexity index is 1050. The van der Waals surface area contributed by atoms with E-state index in [2.05, 4.69) is 10.0 Å². The zero-order chi connectivity index (χ0) is 24.3. The average Bonchev–Trinajstić information content (AvgIpc) is 3.49. The van der Waals surface area contributed by atoms with Crippen LogP contribution in [0.25, 0.3) is 0 Å². The monoisotopic (exact) mass is 477 g/mol. The minimum atomic E-state index is -5.04. The molecule has 1 aliphatic carbocycles. The van der Waals surface area contributed by atoms with E-state index < -0.39 is 44.5 Å². The molecule has 1 heterocycles. The molecule has 32 heavy (non-hydrogen) atoms. The van der Waals surface area contributed by atoms with Gasteiger partial charge in [0, 0.05) is 19.9 Å². The molecule has 1 aromatic heterocycles. The smallest absolute Gasteiger partial charge is 0.396 e. The number of benzene rings is 1. The highest BCUT2D eigenvalue weighted by Crippen LogP contribution is 2.46. The Morgan fingerprint density at radius 1 is 1.22 bits per heavy atom. The molecule has 11 heteroatoms. The molecule has 0 saturated heterocycles. The van der Waals surface area contributed by atoms with Gasteiger partial charge in [-0.25, -0.2) is 8.60 Å². The molecule has 0 spiro atoms. The van der Waals surface area contributed by atoms with Crippen molar-refractivity contribution in [3.05, 3.63) is 51.7 Å². The predicted molar refractivity (Wildman–Crippen MR) is 118 cm³/mol. The van der Waals surface area contributed by atoms with Crippen LogP contribution in [0.2, 0.25) is 0 Å². The number of hydrogen-bond donors (Lipinski definition) is 3. The number of aryl methyl sites for hydroxylation is 2. The lowest BCUT2D eigenvalue weighted by Gasteiger charge is -2.22. The molecule has 178 valence electrons. The molecule has 1 fully saturated rings. The predicted octanol–water partition coefficient (Wildman–Crippen LogP) is 4.61. The molecule has 6 nitrogen and oxygen atoms in total. The molecule has 0 amide bonds. The van der Waals surface area contributed by atoms with Crippen LogP contribution in [0.5, 0.6) is 0 Å². The number of hydrogen-bond acceptors (Lipinski definition) is 4. The molecule has 2 aromatic rings. The number of aliphatic hydroxyl groups excluding tert-OH is 1. The number of rotatable bonds is 7. The van der Waals surface area contributed by atoms with Gasteiger partial charge >= 0.3 is 6.18 Å². The van der Waals surface area contributed by atoms with E-state index >= 15 is 0 Å². The minimum absolute atomic E-state index is 0.214. The highest BCUT2D eigenvalue weighted by atomic mass is 32.2. The van der Waals surface area contributed by atoms with Crippen LogP contribution in [0, 0.1) is 12.7 Å². The molecule has 1 unspecified atom stereocenters. The van der Waals surface area contributed by atoms with Gasteiger partial charge in [0.15, 0.2) is 0 Å². The van der Waals surface area contributed by atoms with Gasteiger partial charge in [-0.15, -0.1) is 0 Å². The van der Waals surface area contributed by atoms with E-state index in [0.29, 0.717) is 18.4 Å². The van der Waals surface area contributed by atoms with Crippen LogP contribution in [0.1, 0.15) is 44.2 Å². The SMILES string of the molecule is CC.Cc1ccc(Nc2c(NS(=O)C3(CCO)CC3)cn(C)c(=O)c2C(F)(F)F)c(F)c1. The number of anilines is 3. The molecule has 0 bridgehead atoms. The highest BCUT2D eigenvalue weighted by molar-refractivity contribution is 7.88. The van der Waals surface area contributed by atoms with E-state index in [1.54, 1.807) is 6.92 Å². The van der Waals surface area contributed by atoms with Crippen molar-refractivity contribution in [2.24, 2.45) is 7.05 Å². The highest BCUT2D eigenvalue weighted by Gasteiger charge is 2.49. The largest absolute Gasteiger partial charge is 0.423 e. The summed E-state index contributed by atoms with van der Waals surface area (Å²) in [6, 6.07) is 3.91. The first kappa shape index (κ1) is 25.9. The van der Waals surface area contributed by atoms with E-state index in [4.69, 9.17) is 0 Å². The Labute approximate surface area is 186 Å². The van der Waals surface area contributed by atoms with Crippen molar-refractivity contribution in [3.8, 4) is 0 Å². The molecular weight excluding hydrogens is 450 g/mol. The molecule has 0 aliphatic heterocycles. The summed E-state index contributed by atoms with van der Waals surface area (Å²) in [5.74, 6) is -0.796. The van der Waals surface area contributed by atoms with Crippen molar-refractivity contribution in [1.82, 2.24) is 4.57 Å². The van der Waals surface area contributed by atoms with Gasteiger partial charge in [-0.3, -0.25) is 4.79 Å². The van der Waals surface area contributed by atoms with Crippen LogP contribution >= 0.6 is 0 Å². The Morgan fingerprint density at radius 3 is 2.34 bits per heavy atom. The van der Waals surface area contributed by atoms with Gasteiger partial charge in [0.2, 0.25) is 0 Å². The molecule has 1 aromatic carbocycles. The van der Waals surface area contributed by atoms with Crippen LogP contribution in [0.3, 0.4) is 0 Å². The van der Waals surface area contributed by atoms with Gasteiger partial charge in [0.25, 0.3) is 5.56 Å². The second kappa shape index (κ2) is 10.0. The second-order valence-electron chi connectivity index (χ2n) is 7.34. The van der Waals surface area contributed by atoms with Gasteiger partial charge in [0.05, 0.1) is 21.8 Å². The fraction of sp³-hybridized carbons (Fsp3) is 0.476. The fourth-order valence-electron chi connectivity index (χ4n) is 3.14. The van der Waals surface area contributed by atoms with Gasteiger partial charge in [-0.1, -0.05) is 19.9 Å². The van der Waals surface area contributed by atoms with Gasteiger partial charge in [0.1, 0.15) is 22.4 Å². The minimum Gasteiger partial charge on any atom is -0.396 e. The molecule has 0 radical (unpaired) electrons. The summed E-state index contributed by atoms with van der Waals surface area (Å²) in [5.41, 5.74) is -3.51. The fourth-order valence-corrected chi connectivity index (χ4v) is 4.46. The zero-order valence-corrected chi connectivity index (χ0v) is 19.1. The first-order valence-corrected chi connectivity index (χ1v) is 11.3. The summed E-state index contributed by atoms with van der Waals surface area (Å²) >= 11 is 0. The van der Waals surface area contributed by atoms with Crippen molar-refractivity contribution in [2.45, 2.75) is 51.0 Å². The number of halogens is 4. The summed E-state index contributed by atoms with van der Waals surface area (Å²) in [6.07, 6.45) is -2.65. The van der Waals surface area contributed by atoms with Crippen LogP contribution in [0.4, 0.5) is 34.6 Å². The number of aromatic nitrogens is 1. The maximum Gasteiger partial charge on any atom is 0.423 e. The first-order valence-electron chi connectivity index (χ1n) is 10.1. The lowest BCUT2D eigenvalue weighted by Crippen LogP contribution is -2.31. The molecule has 3 N–H and O–H groups in total. The third kappa shape index (κ3) is 5.50. The summed E-state index contributed by atoms with van der Waals surface area (Å²) in [4.78, 5) is 12.3. The van der Waals surface area contributed by atoms with Crippen molar-refractivity contribution >= 4 is 28.0 Å². The average molecular weight is 478 g/mol. The van der Waals surface area contributed by atoms with E-state index in [-0.39, 0.29) is 24.4 Å². The van der Waals surface area contributed by atoms with E-state index in [1.165, 1.54) is 12.1 Å². The zero-order valence-electron chi connectivity index (χ0n) is 18.3. The van der Waals surface area contributed by atoms with Crippen molar-refractivity contribution < 1.29 is 26.9 Å². The molecule has 3 rings (SSSR count). The van der Waals surface area contributed by atoms with Gasteiger partial charge < -0.3 is 19.7 Å². The molecular formula is C21H27F4N3O3S. The normalized spacial score (nSPS) is 15.4. The van der Waals surface area contributed by atoms with Gasteiger partial charge in [-0.2, -0.15) is 13.2 Å². The van der Waals surface area contributed by atoms with E-state index in [9.17, 15) is 31.7 Å².